The highest BCUT2D eigenvalue weighted by atomic mass is 16.1. The molecule has 1 rings (SSSR count). The Labute approximate surface area is 89.3 Å². The first-order valence-corrected chi connectivity index (χ1v) is 6.09. The summed E-state index contributed by atoms with van der Waals surface area (Å²) in [6.45, 7) is 10.3. The van der Waals surface area contributed by atoms with Gasteiger partial charge in [0.1, 0.15) is 5.78 Å². The van der Waals surface area contributed by atoms with Crippen LogP contribution < -0.4 is 0 Å². The van der Waals surface area contributed by atoms with E-state index in [2.05, 4.69) is 13.8 Å². The van der Waals surface area contributed by atoms with E-state index in [0.717, 1.165) is 18.3 Å². The third kappa shape index (κ3) is 4.78. The minimum Gasteiger partial charge on any atom is -0.300 e. The maximum Gasteiger partial charge on any atom is 0.130 e. The van der Waals surface area contributed by atoms with Gasteiger partial charge in [-0.05, 0) is 43.9 Å². The Bertz CT molecular complexity index is 161. The minimum atomic E-state index is 0.365. The van der Waals surface area contributed by atoms with Crippen LogP contribution in [0.2, 0.25) is 0 Å². The second kappa shape index (κ2) is 7.03. The summed E-state index contributed by atoms with van der Waals surface area (Å²) in [6, 6.07) is 0. The average Bonchev–Trinajstić information content (AvgIpc) is 2.55. The summed E-state index contributed by atoms with van der Waals surface area (Å²) in [5.74, 6) is 2.76. The molecular formula is C13H26O. The van der Waals surface area contributed by atoms with Gasteiger partial charge in [0.15, 0.2) is 0 Å². The van der Waals surface area contributed by atoms with E-state index >= 15 is 0 Å². The zero-order valence-electron chi connectivity index (χ0n) is 10.5. The lowest BCUT2D eigenvalue weighted by Gasteiger charge is -2.13. The summed E-state index contributed by atoms with van der Waals surface area (Å²) in [4.78, 5) is 10.9. The van der Waals surface area contributed by atoms with Crippen LogP contribution >= 0.6 is 0 Å². The van der Waals surface area contributed by atoms with Gasteiger partial charge in [-0.25, -0.2) is 0 Å². The van der Waals surface area contributed by atoms with E-state index in [9.17, 15) is 4.79 Å². The smallest absolute Gasteiger partial charge is 0.130 e. The Morgan fingerprint density at radius 1 is 1.29 bits per heavy atom. The van der Waals surface area contributed by atoms with Gasteiger partial charge in [0.25, 0.3) is 0 Å². The van der Waals surface area contributed by atoms with Crippen LogP contribution in [0.25, 0.3) is 0 Å². The van der Waals surface area contributed by atoms with E-state index in [-0.39, 0.29) is 0 Å². The van der Waals surface area contributed by atoms with Crippen LogP contribution in [-0.4, -0.2) is 5.78 Å². The zero-order chi connectivity index (χ0) is 11.1. The van der Waals surface area contributed by atoms with Crippen molar-refractivity contribution >= 4 is 5.78 Å². The van der Waals surface area contributed by atoms with Crippen molar-refractivity contribution in [1.82, 2.24) is 0 Å². The molecule has 1 saturated carbocycles. The number of carbonyl (C=O) groups is 1. The van der Waals surface area contributed by atoms with E-state index in [1.807, 2.05) is 13.8 Å². The molecule has 0 heterocycles. The third-order valence-electron chi connectivity index (χ3n) is 3.10. The van der Waals surface area contributed by atoms with Gasteiger partial charge in [-0.1, -0.05) is 27.7 Å². The van der Waals surface area contributed by atoms with Gasteiger partial charge in [-0.2, -0.15) is 0 Å². The third-order valence-corrected chi connectivity index (χ3v) is 3.10. The standard InChI is InChI=1S/C11H20O.C2H6/c1-8(2)11-5-4-10(7-11)6-9(3)12;1-2/h8,10-11H,4-7H2,1-3H3;1-2H3. The molecule has 0 aliphatic heterocycles. The molecule has 2 unspecified atom stereocenters. The first-order chi connectivity index (χ1) is 6.59. The van der Waals surface area contributed by atoms with Crippen LogP contribution in [0.5, 0.6) is 0 Å². The molecule has 1 aliphatic carbocycles. The summed E-state index contributed by atoms with van der Waals surface area (Å²) >= 11 is 0. The molecule has 0 saturated heterocycles. The molecule has 0 bridgehead atoms. The summed E-state index contributed by atoms with van der Waals surface area (Å²) in [6.07, 6.45) is 4.73. The number of hydrogen-bond acceptors (Lipinski definition) is 1. The van der Waals surface area contributed by atoms with E-state index in [1.165, 1.54) is 19.3 Å². The van der Waals surface area contributed by atoms with E-state index in [4.69, 9.17) is 0 Å². The molecule has 1 heteroatoms. The highest BCUT2D eigenvalue weighted by molar-refractivity contribution is 5.75. The normalized spacial score (nSPS) is 25.9. The van der Waals surface area contributed by atoms with Gasteiger partial charge in [-0.3, -0.25) is 0 Å². The highest BCUT2D eigenvalue weighted by Crippen LogP contribution is 2.37. The maximum atomic E-state index is 10.9. The van der Waals surface area contributed by atoms with Gasteiger partial charge in [0.05, 0.1) is 0 Å². The lowest BCUT2D eigenvalue weighted by atomic mass is 9.92. The van der Waals surface area contributed by atoms with Crippen molar-refractivity contribution in [3.05, 3.63) is 0 Å². The summed E-state index contributed by atoms with van der Waals surface area (Å²) in [5, 5.41) is 0. The molecular weight excluding hydrogens is 172 g/mol. The van der Waals surface area contributed by atoms with Crippen molar-refractivity contribution in [3.8, 4) is 0 Å². The number of hydrogen-bond donors (Lipinski definition) is 0. The van der Waals surface area contributed by atoms with Crippen molar-refractivity contribution in [2.45, 2.75) is 60.3 Å². The first kappa shape index (κ1) is 13.7. The molecule has 1 aliphatic rings. The molecule has 0 aromatic heterocycles. The largest absolute Gasteiger partial charge is 0.300 e. The number of ketones is 1. The Morgan fingerprint density at radius 2 is 1.86 bits per heavy atom. The molecule has 0 amide bonds. The van der Waals surface area contributed by atoms with Crippen molar-refractivity contribution < 1.29 is 4.79 Å². The predicted octanol–water partition coefficient (Wildman–Crippen LogP) is 4.06. The van der Waals surface area contributed by atoms with Crippen molar-refractivity contribution in [2.75, 3.05) is 0 Å². The zero-order valence-corrected chi connectivity index (χ0v) is 10.5. The number of Topliss-reactive ketones (excluding diaryl/α,β-unsaturated/α-hetero) is 1. The van der Waals surface area contributed by atoms with E-state index in [1.54, 1.807) is 6.92 Å². The van der Waals surface area contributed by atoms with Gasteiger partial charge in [0.2, 0.25) is 0 Å². The van der Waals surface area contributed by atoms with Crippen molar-refractivity contribution in [1.29, 1.82) is 0 Å². The molecule has 0 N–H and O–H groups in total. The second-order valence-corrected chi connectivity index (χ2v) is 4.59. The monoisotopic (exact) mass is 198 g/mol. The SMILES string of the molecule is CC.CC(=O)CC1CCC(C(C)C)C1. The van der Waals surface area contributed by atoms with Gasteiger partial charge >= 0.3 is 0 Å². The van der Waals surface area contributed by atoms with Crippen LogP contribution in [-0.2, 0) is 4.79 Å². The first-order valence-electron chi connectivity index (χ1n) is 6.09. The average molecular weight is 198 g/mol. The number of rotatable bonds is 3. The van der Waals surface area contributed by atoms with Crippen LogP contribution in [0, 0.1) is 17.8 Å². The lowest BCUT2D eigenvalue weighted by molar-refractivity contribution is -0.117. The van der Waals surface area contributed by atoms with Gasteiger partial charge in [0, 0.05) is 6.42 Å². The lowest BCUT2D eigenvalue weighted by Crippen LogP contribution is -2.06. The fourth-order valence-corrected chi connectivity index (χ4v) is 2.31. The summed E-state index contributed by atoms with van der Waals surface area (Å²) < 4.78 is 0. The highest BCUT2D eigenvalue weighted by Gasteiger charge is 2.27. The Morgan fingerprint density at radius 3 is 2.21 bits per heavy atom. The molecule has 0 spiro atoms. The maximum absolute atomic E-state index is 10.9. The fraction of sp³-hybridized carbons (Fsp3) is 0.923. The van der Waals surface area contributed by atoms with E-state index in [0.29, 0.717) is 11.7 Å². The summed E-state index contributed by atoms with van der Waals surface area (Å²) in [7, 11) is 0. The molecule has 0 radical (unpaired) electrons. The molecule has 0 aromatic carbocycles. The quantitative estimate of drug-likeness (QED) is 0.668. The van der Waals surface area contributed by atoms with Gasteiger partial charge < -0.3 is 4.79 Å². The number of carbonyl (C=O) groups excluding carboxylic acids is 1. The molecule has 0 aromatic rings. The predicted molar refractivity (Wildman–Crippen MR) is 62.3 cm³/mol. The molecule has 1 fully saturated rings. The Balaban J connectivity index is 0.000000791. The Kier molecular flexibility index (Phi) is 6.86. The molecule has 14 heavy (non-hydrogen) atoms. The van der Waals surface area contributed by atoms with Crippen LogP contribution in [0.3, 0.4) is 0 Å². The van der Waals surface area contributed by atoms with Crippen LogP contribution in [0.4, 0.5) is 0 Å². The van der Waals surface area contributed by atoms with Crippen molar-refractivity contribution in [3.63, 3.8) is 0 Å². The molecule has 84 valence electrons. The Hall–Kier alpha value is -0.330. The summed E-state index contributed by atoms with van der Waals surface area (Å²) in [5.41, 5.74) is 0. The van der Waals surface area contributed by atoms with Crippen LogP contribution in [0.15, 0.2) is 0 Å². The van der Waals surface area contributed by atoms with Gasteiger partial charge in [-0.15, -0.1) is 0 Å². The topological polar surface area (TPSA) is 17.1 Å². The van der Waals surface area contributed by atoms with Crippen molar-refractivity contribution in [2.24, 2.45) is 17.8 Å². The molecule has 1 nitrogen and oxygen atoms in total. The minimum absolute atomic E-state index is 0.365. The van der Waals surface area contributed by atoms with E-state index < -0.39 is 0 Å². The molecule has 2 atom stereocenters. The van der Waals surface area contributed by atoms with Crippen LogP contribution in [0.1, 0.15) is 60.3 Å². The fourth-order valence-electron chi connectivity index (χ4n) is 2.31. The second-order valence-electron chi connectivity index (χ2n) is 4.59.